The first-order valence-electron chi connectivity index (χ1n) is 9.98. The third kappa shape index (κ3) is 3.32. The number of pyridine rings is 1. The maximum atomic E-state index is 13.1. The fourth-order valence-electron chi connectivity index (χ4n) is 4.77. The van der Waals surface area contributed by atoms with Crippen LogP contribution in [0.15, 0.2) is 24.5 Å². The lowest BCUT2D eigenvalue weighted by molar-refractivity contribution is -0.140. The van der Waals surface area contributed by atoms with Gasteiger partial charge in [0.25, 0.3) is 5.91 Å². The van der Waals surface area contributed by atoms with Gasteiger partial charge in [-0.05, 0) is 18.9 Å². The van der Waals surface area contributed by atoms with Crippen LogP contribution in [-0.4, -0.2) is 65.3 Å². The lowest BCUT2D eigenvalue weighted by Gasteiger charge is -2.53. The van der Waals surface area contributed by atoms with E-state index in [1.807, 2.05) is 4.90 Å². The van der Waals surface area contributed by atoms with Gasteiger partial charge in [-0.3, -0.25) is 4.79 Å². The summed E-state index contributed by atoms with van der Waals surface area (Å²) in [5.74, 6) is 0.314. The van der Waals surface area contributed by atoms with Crippen molar-refractivity contribution < 1.29 is 24.1 Å². The van der Waals surface area contributed by atoms with Gasteiger partial charge < -0.3 is 24.2 Å². The number of aliphatic hydroxyl groups is 1. The van der Waals surface area contributed by atoms with Crippen LogP contribution < -0.4 is 14.2 Å². The monoisotopic (exact) mass is 414 g/mol. The maximum absolute atomic E-state index is 13.1. The zero-order valence-electron chi connectivity index (χ0n) is 17.4. The second-order valence-corrected chi connectivity index (χ2v) is 7.73. The summed E-state index contributed by atoms with van der Waals surface area (Å²) in [5.41, 5.74) is -0.0864. The predicted octanol–water partition coefficient (Wildman–Crippen LogP) is 1.66. The molecule has 2 unspecified atom stereocenters. The molecule has 9 nitrogen and oxygen atoms in total. The van der Waals surface area contributed by atoms with Gasteiger partial charge in [0.2, 0.25) is 11.8 Å². The van der Waals surface area contributed by atoms with E-state index in [-0.39, 0.29) is 23.8 Å². The molecule has 1 saturated heterocycles. The lowest BCUT2D eigenvalue weighted by atomic mass is 9.63. The van der Waals surface area contributed by atoms with Gasteiger partial charge in [0.05, 0.1) is 26.9 Å². The Morgan fingerprint density at radius 3 is 2.50 bits per heavy atom. The largest absolute Gasteiger partial charge is 0.481 e. The van der Waals surface area contributed by atoms with E-state index in [2.05, 4.69) is 15.0 Å². The third-order valence-electron chi connectivity index (χ3n) is 6.25. The normalized spacial score (nSPS) is 25.5. The van der Waals surface area contributed by atoms with Crippen LogP contribution >= 0.6 is 0 Å². The number of ether oxygens (including phenoxy) is 3. The number of nitrogens with zero attached hydrogens (tertiary/aromatic N) is 4. The van der Waals surface area contributed by atoms with Crippen molar-refractivity contribution >= 4 is 5.91 Å². The molecule has 2 aromatic rings. The first-order valence-corrected chi connectivity index (χ1v) is 9.98. The minimum absolute atomic E-state index is 0.0902. The Kier molecular flexibility index (Phi) is 5.46. The van der Waals surface area contributed by atoms with Crippen LogP contribution in [0.25, 0.3) is 0 Å². The molecule has 30 heavy (non-hydrogen) atoms. The van der Waals surface area contributed by atoms with E-state index in [1.54, 1.807) is 24.5 Å². The van der Waals surface area contributed by atoms with Gasteiger partial charge in [-0.2, -0.15) is 4.98 Å². The van der Waals surface area contributed by atoms with Crippen LogP contribution in [0, 0.1) is 11.8 Å². The first-order chi connectivity index (χ1) is 14.5. The van der Waals surface area contributed by atoms with E-state index in [0.717, 1.165) is 19.3 Å². The Labute approximate surface area is 175 Å². The van der Waals surface area contributed by atoms with Gasteiger partial charge in [0.1, 0.15) is 5.60 Å². The maximum Gasteiger partial charge on any atom is 0.319 e. The Morgan fingerprint density at radius 1 is 1.13 bits per heavy atom. The summed E-state index contributed by atoms with van der Waals surface area (Å²) >= 11 is 0. The average Bonchev–Trinajstić information content (AvgIpc) is 2.77. The standard InChI is InChI=1S/C21H26N4O5/c1-28-17-9-13(7-8-22-17)19(26)25-11-14-5-4-6-15(12-25)21(14,27)16-10-23-20(30-3)24-18(16)29-2/h7-10,14-15,27H,4-6,11-12H2,1-3H3. The van der Waals surface area contributed by atoms with Gasteiger partial charge in [-0.1, -0.05) is 6.42 Å². The highest BCUT2D eigenvalue weighted by Crippen LogP contribution is 2.51. The number of rotatable bonds is 5. The average molecular weight is 414 g/mol. The van der Waals surface area contributed by atoms with Gasteiger partial charge in [0, 0.05) is 48.9 Å². The molecule has 1 aliphatic carbocycles. The van der Waals surface area contributed by atoms with Crippen molar-refractivity contribution in [3.63, 3.8) is 0 Å². The van der Waals surface area contributed by atoms with E-state index in [0.29, 0.717) is 36.0 Å². The summed E-state index contributed by atoms with van der Waals surface area (Å²) in [6, 6.07) is 3.50. The van der Waals surface area contributed by atoms with Crippen molar-refractivity contribution in [3.05, 3.63) is 35.7 Å². The second kappa shape index (κ2) is 8.06. The van der Waals surface area contributed by atoms with Crippen LogP contribution in [0.2, 0.25) is 0 Å². The molecule has 2 bridgehead atoms. The number of hydrogen-bond acceptors (Lipinski definition) is 8. The molecule has 160 valence electrons. The number of carbonyl (C=O) groups excluding carboxylic acids is 1. The minimum Gasteiger partial charge on any atom is -0.481 e. The van der Waals surface area contributed by atoms with Crippen LogP contribution in [0.4, 0.5) is 0 Å². The first kappa shape index (κ1) is 20.3. The zero-order valence-corrected chi connectivity index (χ0v) is 17.4. The summed E-state index contributed by atoms with van der Waals surface area (Å²) in [4.78, 5) is 27.5. The summed E-state index contributed by atoms with van der Waals surface area (Å²) < 4.78 is 15.7. The summed E-state index contributed by atoms with van der Waals surface area (Å²) in [7, 11) is 4.52. The van der Waals surface area contributed by atoms with Crippen LogP contribution in [0.1, 0.15) is 35.2 Å². The van der Waals surface area contributed by atoms with Gasteiger partial charge in [-0.15, -0.1) is 0 Å². The number of carbonyl (C=O) groups is 1. The van der Waals surface area contributed by atoms with Crippen molar-refractivity contribution in [2.45, 2.75) is 24.9 Å². The molecule has 1 N–H and O–H groups in total. The van der Waals surface area contributed by atoms with Crippen molar-refractivity contribution in [1.29, 1.82) is 0 Å². The molecule has 4 rings (SSSR count). The smallest absolute Gasteiger partial charge is 0.319 e. The van der Waals surface area contributed by atoms with Crippen molar-refractivity contribution in [1.82, 2.24) is 19.9 Å². The Hall–Kier alpha value is -2.94. The highest BCUT2D eigenvalue weighted by Gasteiger charge is 2.54. The van der Waals surface area contributed by atoms with E-state index in [1.165, 1.54) is 21.3 Å². The number of likely N-dealkylation sites (tertiary alicyclic amines) is 1. The highest BCUT2D eigenvalue weighted by atomic mass is 16.5. The fraction of sp³-hybridized carbons (Fsp3) is 0.524. The van der Waals surface area contributed by atoms with Crippen molar-refractivity contribution in [2.24, 2.45) is 11.8 Å². The molecule has 0 spiro atoms. The molecule has 2 fully saturated rings. The highest BCUT2D eigenvalue weighted by molar-refractivity contribution is 5.94. The van der Waals surface area contributed by atoms with Crippen molar-refractivity contribution in [3.8, 4) is 17.8 Å². The molecule has 3 heterocycles. The summed E-state index contributed by atoms with van der Waals surface area (Å²) in [6.07, 6.45) is 5.74. The van der Waals surface area contributed by atoms with Crippen LogP contribution in [0.3, 0.4) is 0 Å². The SMILES string of the molecule is COc1cc(C(=O)N2CC3CCCC(C2)C3(O)c2cnc(OC)nc2OC)ccn1. The van der Waals surface area contributed by atoms with Crippen LogP contribution in [0.5, 0.6) is 17.8 Å². The third-order valence-corrected chi connectivity index (χ3v) is 6.25. The lowest BCUT2D eigenvalue weighted by Crippen LogP contribution is -2.59. The number of piperidine rings is 1. The Balaban J connectivity index is 1.65. The van der Waals surface area contributed by atoms with E-state index in [9.17, 15) is 9.90 Å². The topological polar surface area (TPSA) is 107 Å². The molecule has 2 aliphatic rings. The Morgan fingerprint density at radius 2 is 1.87 bits per heavy atom. The molecular formula is C21H26N4O5. The number of amides is 1. The number of fused-ring (bicyclic) bond motifs is 2. The van der Waals surface area contributed by atoms with Gasteiger partial charge in [0.15, 0.2) is 0 Å². The van der Waals surface area contributed by atoms with Crippen LogP contribution in [-0.2, 0) is 5.60 Å². The fourth-order valence-corrected chi connectivity index (χ4v) is 4.77. The molecule has 1 saturated carbocycles. The molecule has 0 radical (unpaired) electrons. The summed E-state index contributed by atoms with van der Waals surface area (Å²) in [5, 5.41) is 11.9. The predicted molar refractivity (Wildman–Crippen MR) is 107 cm³/mol. The summed E-state index contributed by atoms with van der Waals surface area (Å²) in [6.45, 7) is 0.872. The number of hydrogen-bond donors (Lipinski definition) is 1. The van der Waals surface area contributed by atoms with Crippen molar-refractivity contribution in [2.75, 3.05) is 34.4 Å². The zero-order chi connectivity index (χ0) is 21.3. The minimum atomic E-state index is -1.16. The Bertz CT molecular complexity index is 923. The number of methoxy groups -OCH3 is 3. The molecular weight excluding hydrogens is 388 g/mol. The second-order valence-electron chi connectivity index (χ2n) is 7.73. The van der Waals surface area contributed by atoms with Gasteiger partial charge in [-0.25, -0.2) is 9.97 Å². The molecule has 2 aromatic heterocycles. The van der Waals surface area contributed by atoms with Gasteiger partial charge >= 0.3 is 6.01 Å². The molecule has 0 aromatic carbocycles. The molecule has 9 heteroatoms. The molecule has 1 aliphatic heterocycles. The molecule has 1 amide bonds. The van der Waals surface area contributed by atoms with E-state index in [4.69, 9.17) is 14.2 Å². The molecule has 2 atom stereocenters. The quantitative estimate of drug-likeness (QED) is 0.787. The van der Waals surface area contributed by atoms with E-state index < -0.39 is 5.60 Å². The van der Waals surface area contributed by atoms with E-state index >= 15 is 0 Å². The number of aromatic nitrogens is 3.